The zero-order chi connectivity index (χ0) is 10.7. The van der Waals surface area contributed by atoms with Crippen LogP contribution in [0.5, 0.6) is 0 Å². The van der Waals surface area contributed by atoms with Crippen LogP contribution < -0.4 is 0 Å². The number of hydrogen-bond acceptors (Lipinski definition) is 2. The minimum atomic E-state index is -1.25. The minimum absolute atomic E-state index is 0.252. The summed E-state index contributed by atoms with van der Waals surface area (Å²) in [5.74, 6) is -2.84. The predicted octanol–water partition coefficient (Wildman–Crippen LogP) is 2.31. The lowest BCUT2D eigenvalue weighted by atomic mass is 10.1. The van der Waals surface area contributed by atoms with E-state index >= 15 is 0 Å². The lowest BCUT2D eigenvalue weighted by Crippen LogP contribution is -2.06. The summed E-state index contributed by atoms with van der Waals surface area (Å²) in [5.41, 5.74) is -0.385. The summed E-state index contributed by atoms with van der Waals surface area (Å²) in [4.78, 5) is 10.6. The van der Waals surface area contributed by atoms with Gasteiger partial charge in [0.05, 0.1) is 6.42 Å². The Hall–Kier alpha value is -1.10. The molecular formula is C9H8F2O2S. The summed E-state index contributed by atoms with van der Waals surface area (Å²) < 4.78 is 26.4. The normalized spacial score (nSPS) is 10.2. The van der Waals surface area contributed by atoms with Crippen LogP contribution in [0.1, 0.15) is 5.56 Å². The number of thioether (sulfide) groups is 1. The molecule has 0 unspecified atom stereocenters. The minimum Gasteiger partial charge on any atom is -0.481 e. The first-order valence-corrected chi connectivity index (χ1v) is 5.01. The average Bonchev–Trinajstić information content (AvgIpc) is 2.12. The summed E-state index contributed by atoms with van der Waals surface area (Å²) in [7, 11) is 0. The van der Waals surface area contributed by atoms with E-state index in [9.17, 15) is 13.6 Å². The summed E-state index contributed by atoms with van der Waals surface area (Å²) in [5, 5.41) is 8.44. The zero-order valence-electron chi connectivity index (χ0n) is 7.38. The Bertz CT molecular complexity index is 366. The van der Waals surface area contributed by atoms with E-state index in [1.165, 1.54) is 6.07 Å². The monoisotopic (exact) mass is 218 g/mol. The van der Waals surface area contributed by atoms with E-state index < -0.39 is 24.0 Å². The Kier molecular flexibility index (Phi) is 3.46. The molecule has 0 spiro atoms. The molecule has 0 fully saturated rings. The summed E-state index contributed by atoms with van der Waals surface area (Å²) in [6, 6.07) is 2.37. The van der Waals surface area contributed by atoms with Gasteiger partial charge in [0, 0.05) is 10.5 Å². The first-order chi connectivity index (χ1) is 6.56. The average molecular weight is 218 g/mol. The quantitative estimate of drug-likeness (QED) is 0.791. The van der Waals surface area contributed by atoms with Crippen molar-refractivity contribution in [2.45, 2.75) is 11.3 Å². The van der Waals surface area contributed by atoms with Crippen LogP contribution in [-0.4, -0.2) is 17.3 Å². The van der Waals surface area contributed by atoms with Crippen molar-refractivity contribution in [3.63, 3.8) is 0 Å². The lowest BCUT2D eigenvalue weighted by Gasteiger charge is -2.05. The van der Waals surface area contributed by atoms with Gasteiger partial charge in [0.25, 0.3) is 0 Å². The van der Waals surface area contributed by atoms with E-state index in [0.717, 1.165) is 17.8 Å². The molecule has 0 amide bonds. The maximum atomic E-state index is 13.4. The van der Waals surface area contributed by atoms with Gasteiger partial charge >= 0.3 is 5.97 Å². The van der Waals surface area contributed by atoms with Gasteiger partial charge in [0.2, 0.25) is 0 Å². The molecule has 0 bridgehead atoms. The molecule has 0 saturated carbocycles. The fourth-order valence-electron chi connectivity index (χ4n) is 1.05. The lowest BCUT2D eigenvalue weighted by molar-refractivity contribution is -0.136. The number of carbonyl (C=O) groups is 1. The van der Waals surface area contributed by atoms with Crippen molar-refractivity contribution >= 4 is 17.7 Å². The number of aliphatic carboxylic acids is 1. The summed E-state index contributed by atoms with van der Waals surface area (Å²) >= 11 is 1.11. The summed E-state index contributed by atoms with van der Waals surface area (Å²) in [6.45, 7) is 0. The van der Waals surface area contributed by atoms with E-state index in [4.69, 9.17) is 5.11 Å². The number of hydrogen-bond donors (Lipinski definition) is 1. The Morgan fingerprint density at radius 3 is 2.64 bits per heavy atom. The maximum absolute atomic E-state index is 13.4. The van der Waals surface area contributed by atoms with Crippen LogP contribution in [-0.2, 0) is 11.2 Å². The molecule has 0 aliphatic carbocycles. The molecule has 0 heterocycles. The van der Waals surface area contributed by atoms with Crippen LogP contribution in [0, 0.1) is 11.6 Å². The van der Waals surface area contributed by atoms with E-state index in [2.05, 4.69) is 0 Å². The van der Waals surface area contributed by atoms with Crippen molar-refractivity contribution in [1.29, 1.82) is 0 Å². The molecule has 1 aromatic rings. The van der Waals surface area contributed by atoms with Crippen molar-refractivity contribution in [1.82, 2.24) is 0 Å². The van der Waals surface area contributed by atoms with Gasteiger partial charge in [-0.2, -0.15) is 0 Å². The van der Waals surface area contributed by atoms with Gasteiger partial charge < -0.3 is 5.11 Å². The number of halogens is 2. The van der Waals surface area contributed by atoms with Crippen molar-refractivity contribution in [3.05, 3.63) is 29.3 Å². The molecule has 0 atom stereocenters. The zero-order valence-corrected chi connectivity index (χ0v) is 8.20. The van der Waals surface area contributed by atoms with Crippen molar-refractivity contribution in [2.24, 2.45) is 0 Å². The van der Waals surface area contributed by atoms with Crippen LogP contribution in [0.2, 0.25) is 0 Å². The third-order valence-corrected chi connectivity index (χ3v) is 2.45. The third-order valence-electron chi connectivity index (χ3n) is 1.70. The van der Waals surface area contributed by atoms with Gasteiger partial charge in [-0.3, -0.25) is 4.79 Å². The number of carboxylic acids is 1. The first kappa shape index (κ1) is 11.0. The Morgan fingerprint density at radius 1 is 1.50 bits per heavy atom. The van der Waals surface area contributed by atoms with Crippen molar-refractivity contribution < 1.29 is 18.7 Å². The Morgan fingerprint density at radius 2 is 2.14 bits per heavy atom. The molecule has 0 aliphatic rings. The molecule has 1 rings (SSSR count). The molecule has 2 nitrogen and oxygen atoms in total. The molecule has 76 valence electrons. The van der Waals surface area contributed by atoms with Crippen LogP contribution >= 0.6 is 11.8 Å². The van der Waals surface area contributed by atoms with Crippen LogP contribution in [0.25, 0.3) is 0 Å². The highest BCUT2D eigenvalue weighted by atomic mass is 32.2. The smallest absolute Gasteiger partial charge is 0.308 e. The van der Waals surface area contributed by atoms with E-state index in [-0.39, 0.29) is 10.5 Å². The van der Waals surface area contributed by atoms with Crippen LogP contribution in [0.4, 0.5) is 8.78 Å². The predicted molar refractivity (Wildman–Crippen MR) is 49.5 cm³/mol. The highest BCUT2D eigenvalue weighted by Crippen LogP contribution is 2.24. The van der Waals surface area contributed by atoms with Crippen molar-refractivity contribution in [2.75, 3.05) is 6.26 Å². The third kappa shape index (κ3) is 2.23. The van der Waals surface area contributed by atoms with Gasteiger partial charge in [-0.05, 0) is 18.4 Å². The second-order valence-corrected chi connectivity index (χ2v) is 3.46. The second-order valence-electron chi connectivity index (χ2n) is 2.61. The highest BCUT2D eigenvalue weighted by molar-refractivity contribution is 7.98. The van der Waals surface area contributed by atoms with E-state index in [1.807, 2.05) is 0 Å². The molecule has 0 saturated heterocycles. The molecule has 0 aromatic heterocycles. The standard InChI is InChI=1S/C9H8F2O2S/c1-14-7-3-2-6(10)5(9(7)11)4-8(12)13/h2-3H,4H2,1H3,(H,12,13). The number of benzene rings is 1. The van der Waals surface area contributed by atoms with Gasteiger partial charge in [0.15, 0.2) is 0 Å². The Balaban J connectivity index is 3.18. The first-order valence-electron chi connectivity index (χ1n) is 3.79. The van der Waals surface area contributed by atoms with E-state index in [0.29, 0.717) is 0 Å². The fourth-order valence-corrected chi connectivity index (χ4v) is 1.55. The molecule has 5 heteroatoms. The van der Waals surface area contributed by atoms with Crippen LogP contribution in [0.3, 0.4) is 0 Å². The van der Waals surface area contributed by atoms with Crippen LogP contribution in [0.15, 0.2) is 17.0 Å². The maximum Gasteiger partial charge on any atom is 0.308 e. The SMILES string of the molecule is CSc1ccc(F)c(CC(=O)O)c1F. The number of rotatable bonds is 3. The molecular weight excluding hydrogens is 210 g/mol. The molecule has 14 heavy (non-hydrogen) atoms. The molecule has 1 N–H and O–H groups in total. The Labute approximate surface area is 83.9 Å². The van der Waals surface area contributed by atoms with Gasteiger partial charge in [-0.15, -0.1) is 11.8 Å². The largest absolute Gasteiger partial charge is 0.481 e. The molecule has 1 aromatic carbocycles. The van der Waals surface area contributed by atoms with Gasteiger partial charge in [-0.25, -0.2) is 8.78 Å². The van der Waals surface area contributed by atoms with E-state index in [1.54, 1.807) is 6.26 Å². The topological polar surface area (TPSA) is 37.3 Å². The molecule has 0 radical (unpaired) electrons. The van der Waals surface area contributed by atoms with Gasteiger partial charge in [0.1, 0.15) is 11.6 Å². The van der Waals surface area contributed by atoms with Crippen molar-refractivity contribution in [3.8, 4) is 0 Å². The highest BCUT2D eigenvalue weighted by Gasteiger charge is 2.15. The summed E-state index contributed by atoms with van der Waals surface area (Å²) in [6.07, 6.45) is 1.01. The second kappa shape index (κ2) is 4.41. The fraction of sp³-hybridized carbons (Fsp3) is 0.222. The molecule has 0 aliphatic heterocycles. The van der Waals surface area contributed by atoms with Gasteiger partial charge in [-0.1, -0.05) is 0 Å². The number of carboxylic acid groups (broad SMARTS) is 1.